The standard InChI is InChI=1S/C10H9F2NO2/c1-5-9(15-10(14)13-5)6-2-3-7(11)8(12)4-6/h2-5,9H,1H3,(H,13,14)/t5-,9-/m0/s1. The van der Waals surface area contributed by atoms with E-state index < -0.39 is 23.8 Å². The molecule has 1 N–H and O–H groups in total. The second kappa shape index (κ2) is 3.49. The van der Waals surface area contributed by atoms with E-state index in [2.05, 4.69) is 5.32 Å². The summed E-state index contributed by atoms with van der Waals surface area (Å²) < 4.78 is 30.5. The zero-order valence-corrected chi connectivity index (χ0v) is 7.96. The van der Waals surface area contributed by atoms with Crippen LogP contribution in [0.1, 0.15) is 18.6 Å². The van der Waals surface area contributed by atoms with E-state index in [0.717, 1.165) is 12.1 Å². The summed E-state index contributed by atoms with van der Waals surface area (Å²) >= 11 is 0. The van der Waals surface area contributed by atoms with Crippen molar-refractivity contribution in [2.75, 3.05) is 0 Å². The van der Waals surface area contributed by atoms with E-state index in [1.807, 2.05) is 0 Å². The number of amides is 1. The molecule has 1 aromatic carbocycles. The highest BCUT2D eigenvalue weighted by molar-refractivity contribution is 5.70. The summed E-state index contributed by atoms with van der Waals surface area (Å²) in [6, 6.07) is 3.21. The molecule has 2 atom stereocenters. The molecular weight excluding hydrogens is 204 g/mol. The first kappa shape index (κ1) is 9.89. The molecule has 0 radical (unpaired) electrons. The van der Waals surface area contributed by atoms with Crippen molar-refractivity contribution in [3.63, 3.8) is 0 Å². The number of halogens is 2. The summed E-state index contributed by atoms with van der Waals surface area (Å²) in [5, 5.41) is 2.52. The van der Waals surface area contributed by atoms with Gasteiger partial charge in [0.25, 0.3) is 0 Å². The van der Waals surface area contributed by atoms with Gasteiger partial charge in [0.2, 0.25) is 0 Å². The van der Waals surface area contributed by atoms with Crippen LogP contribution in [0.4, 0.5) is 13.6 Å². The largest absolute Gasteiger partial charge is 0.439 e. The summed E-state index contributed by atoms with van der Waals surface area (Å²) in [6.07, 6.45) is -1.11. The Hall–Kier alpha value is -1.65. The van der Waals surface area contributed by atoms with E-state index in [0.29, 0.717) is 5.56 Å². The number of benzene rings is 1. The highest BCUT2D eigenvalue weighted by Gasteiger charge is 2.32. The van der Waals surface area contributed by atoms with Gasteiger partial charge in [-0.2, -0.15) is 0 Å². The molecule has 5 heteroatoms. The molecule has 1 fully saturated rings. The number of alkyl carbamates (subject to hydrolysis) is 1. The van der Waals surface area contributed by atoms with Crippen LogP contribution in [0.15, 0.2) is 18.2 Å². The van der Waals surface area contributed by atoms with Crippen molar-refractivity contribution in [3.8, 4) is 0 Å². The number of ether oxygens (including phenoxy) is 1. The number of carbonyl (C=O) groups is 1. The van der Waals surface area contributed by atoms with Crippen molar-refractivity contribution in [3.05, 3.63) is 35.4 Å². The summed E-state index contributed by atoms with van der Waals surface area (Å²) in [7, 11) is 0. The predicted molar refractivity (Wildman–Crippen MR) is 48.2 cm³/mol. The van der Waals surface area contributed by atoms with Crippen molar-refractivity contribution in [1.82, 2.24) is 5.32 Å². The fraction of sp³-hybridized carbons (Fsp3) is 0.300. The Morgan fingerprint density at radius 2 is 2.07 bits per heavy atom. The highest BCUT2D eigenvalue weighted by Crippen LogP contribution is 2.26. The molecule has 2 rings (SSSR count). The minimum atomic E-state index is -0.942. The molecule has 3 nitrogen and oxygen atoms in total. The van der Waals surface area contributed by atoms with E-state index in [4.69, 9.17) is 4.74 Å². The lowest BCUT2D eigenvalue weighted by Gasteiger charge is -2.12. The molecule has 0 aromatic heterocycles. The monoisotopic (exact) mass is 213 g/mol. The Labute approximate surface area is 85.0 Å². The van der Waals surface area contributed by atoms with Crippen LogP contribution in [-0.2, 0) is 4.74 Å². The van der Waals surface area contributed by atoms with E-state index in [1.165, 1.54) is 6.07 Å². The number of nitrogens with one attached hydrogen (secondary N) is 1. The maximum absolute atomic E-state index is 12.9. The predicted octanol–water partition coefficient (Wildman–Crippen LogP) is 2.13. The normalized spacial score (nSPS) is 24.9. The molecule has 1 aromatic rings. The van der Waals surface area contributed by atoms with Gasteiger partial charge in [-0.25, -0.2) is 13.6 Å². The van der Waals surface area contributed by atoms with Crippen LogP contribution in [0.5, 0.6) is 0 Å². The number of hydrogen-bond acceptors (Lipinski definition) is 2. The van der Waals surface area contributed by atoms with Crippen LogP contribution in [0, 0.1) is 11.6 Å². The molecule has 1 heterocycles. The number of carbonyl (C=O) groups excluding carboxylic acids is 1. The first-order chi connectivity index (χ1) is 7.08. The van der Waals surface area contributed by atoms with Crippen LogP contribution in [-0.4, -0.2) is 12.1 Å². The minimum Gasteiger partial charge on any atom is -0.439 e. The molecule has 15 heavy (non-hydrogen) atoms. The van der Waals surface area contributed by atoms with Gasteiger partial charge >= 0.3 is 6.09 Å². The topological polar surface area (TPSA) is 38.3 Å². The maximum atomic E-state index is 12.9. The van der Waals surface area contributed by atoms with Gasteiger partial charge in [-0.3, -0.25) is 0 Å². The maximum Gasteiger partial charge on any atom is 0.408 e. The van der Waals surface area contributed by atoms with Gasteiger partial charge in [-0.05, 0) is 24.6 Å². The average Bonchev–Trinajstić information content (AvgIpc) is 2.50. The molecule has 0 unspecified atom stereocenters. The molecular formula is C10H9F2NO2. The van der Waals surface area contributed by atoms with Gasteiger partial charge in [-0.15, -0.1) is 0 Å². The fourth-order valence-electron chi connectivity index (χ4n) is 1.56. The lowest BCUT2D eigenvalue weighted by molar-refractivity contribution is 0.133. The molecule has 80 valence electrons. The molecule has 1 saturated heterocycles. The number of hydrogen-bond donors (Lipinski definition) is 1. The second-order valence-corrected chi connectivity index (χ2v) is 3.43. The molecule has 1 aliphatic heterocycles. The van der Waals surface area contributed by atoms with E-state index in [9.17, 15) is 13.6 Å². The van der Waals surface area contributed by atoms with Gasteiger partial charge in [0.05, 0.1) is 6.04 Å². The van der Waals surface area contributed by atoms with Gasteiger partial charge in [0.1, 0.15) is 6.10 Å². The van der Waals surface area contributed by atoms with E-state index >= 15 is 0 Å². The van der Waals surface area contributed by atoms with Crippen LogP contribution in [0.25, 0.3) is 0 Å². The third-order valence-corrected chi connectivity index (χ3v) is 2.31. The second-order valence-electron chi connectivity index (χ2n) is 3.43. The van der Waals surface area contributed by atoms with E-state index in [1.54, 1.807) is 6.92 Å². The smallest absolute Gasteiger partial charge is 0.408 e. The van der Waals surface area contributed by atoms with Gasteiger partial charge in [0.15, 0.2) is 11.6 Å². The van der Waals surface area contributed by atoms with Crippen LogP contribution < -0.4 is 5.32 Å². The third kappa shape index (κ3) is 1.77. The fourth-order valence-corrected chi connectivity index (χ4v) is 1.56. The zero-order valence-electron chi connectivity index (χ0n) is 7.96. The molecule has 0 bridgehead atoms. The minimum absolute atomic E-state index is 0.248. The zero-order chi connectivity index (χ0) is 11.0. The Morgan fingerprint density at radius 1 is 1.33 bits per heavy atom. The third-order valence-electron chi connectivity index (χ3n) is 2.31. The van der Waals surface area contributed by atoms with Crippen molar-refractivity contribution >= 4 is 6.09 Å². The first-order valence-electron chi connectivity index (χ1n) is 4.50. The van der Waals surface area contributed by atoms with Gasteiger partial charge < -0.3 is 10.1 Å². The number of cyclic esters (lactones) is 1. The molecule has 1 aliphatic rings. The quantitative estimate of drug-likeness (QED) is 0.776. The molecule has 1 amide bonds. The van der Waals surface area contributed by atoms with Crippen molar-refractivity contribution in [1.29, 1.82) is 0 Å². The van der Waals surface area contributed by atoms with Crippen molar-refractivity contribution in [2.24, 2.45) is 0 Å². The summed E-state index contributed by atoms with van der Waals surface area (Å²) in [5.74, 6) is -1.86. The van der Waals surface area contributed by atoms with E-state index in [-0.39, 0.29) is 6.04 Å². The highest BCUT2D eigenvalue weighted by atomic mass is 19.2. The van der Waals surface area contributed by atoms with Crippen LogP contribution >= 0.6 is 0 Å². The van der Waals surface area contributed by atoms with Crippen LogP contribution in [0.2, 0.25) is 0 Å². The molecule has 0 saturated carbocycles. The van der Waals surface area contributed by atoms with Gasteiger partial charge in [-0.1, -0.05) is 6.07 Å². The van der Waals surface area contributed by atoms with Crippen LogP contribution in [0.3, 0.4) is 0 Å². The molecule has 0 spiro atoms. The first-order valence-corrected chi connectivity index (χ1v) is 4.50. The molecule has 0 aliphatic carbocycles. The lowest BCUT2D eigenvalue weighted by Crippen LogP contribution is -2.23. The Balaban J connectivity index is 2.30. The summed E-state index contributed by atoms with van der Waals surface area (Å²) in [5.41, 5.74) is 0.444. The Bertz CT molecular complexity index is 408. The summed E-state index contributed by atoms with van der Waals surface area (Å²) in [4.78, 5) is 10.9. The lowest BCUT2D eigenvalue weighted by atomic mass is 10.0. The SMILES string of the molecule is C[C@@H]1NC(=O)O[C@@H]1c1ccc(F)c(F)c1. The van der Waals surface area contributed by atoms with Crippen molar-refractivity contribution in [2.45, 2.75) is 19.1 Å². The Kier molecular flexibility index (Phi) is 2.30. The Morgan fingerprint density at radius 3 is 2.60 bits per heavy atom. The van der Waals surface area contributed by atoms with Crippen molar-refractivity contribution < 1.29 is 18.3 Å². The summed E-state index contributed by atoms with van der Waals surface area (Å²) in [6.45, 7) is 1.73. The average molecular weight is 213 g/mol. The van der Waals surface area contributed by atoms with Gasteiger partial charge in [0, 0.05) is 0 Å². The number of rotatable bonds is 1.